The Morgan fingerprint density at radius 1 is 0.893 bits per heavy atom. The first-order chi connectivity index (χ1) is 14.3. The van der Waals surface area contributed by atoms with Gasteiger partial charge < -0.3 is 15.5 Å². The van der Waals surface area contributed by atoms with Crippen LogP contribution in [0, 0.1) is 0 Å². The van der Waals surface area contributed by atoms with E-state index >= 15 is 0 Å². The fourth-order valence-electron chi connectivity index (χ4n) is 3.25. The largest absolute Gasteiger partial charge is 0.394 e. The lowest BCUT2D eigenvalue weighted by Crippen LogP contribution is -2.45. The summed E-state index contributed by atoms with van der Waals surface area (Å²) < 4.78 is 15.0. The van der Waals surface area contributed by atoms with Gasteiger partial charge in [0.2, 0.25) is 5.91 Å². The summed E-state index contributed by atoms with van der Waals surface area (Å²) in [4.78, 5) is 11.9. The maximum Gasteiger partial charge on any atom is 0.220 e. The van der Waals surface area contributed by atoms with Gasteiger partial charge in [0.1, 0.15) is 0 Å². The molecule has 0 aliphatic rings. The monoisotopic (exact) mass is 401 g/mol. The first kappa shape index (κ1) is 23.4. The number of hydrogen-bond donors (Lipinski definition) is 3. The molecule has 28 heavy (non-hydrogen) atoms. The van der Waals surface area contributed by atoms with Crippen LogP contribution in [0.5, 0.6) is 0 Å². The number of allylic oxidation sites excluding steroid dienone is 1. The molecule has 0 fully saturated rings. The molecule has 0 spiro atoms. The van der Waals surface area contributed by atoms with Crippen LogP contribution in [-0.2, 0) is 4.79 Å². The fraction of sp³-hybridized carbons (Fsp3) is 0.875. The molecule has 2 atom stereocenters. The Kier molecular flexibility index (Phi) is 17.4. The van der Waals surface area contributed by atoms with Crippen molar-refractivity contribution >= 4 is 5.91 Å². The summed E-state index contributed by atoms with van der Waals surface area (Å²) in [5.74, 6) is -0.343. The van der Waals surface area contributed by atoms with E-state index in [2.05, 4.69) is 12.2 Å². The third-order valence-electron chi connectivity index (χ3n) is 5.11. The zero-order valence-electron chi connectivity index (χ0n) is 20.4. The molecule has 0 saturated carbocycles. The SMILES string of the molecule is [2H][13C]([2H])(O)[13C@H](NC(=O)CCCCC)[C@H](O)/C=C/CCCCCCCCCCCCC. The van der Waals surface area contributed by atoms with Gasteiger partial charge in [-0.1, -0.05) is 103 Å². The van der Waals surface area contributed by atoms with Crippen LogP contribution in [0.15, 0.2) is 12.2 Å². The van der Waals surface area contributed by atoms with Crippen molar-refractivity contribution < 1.29 is 17.7 Å². The number of hydrogen-bond acceptors (Lipinski definition) is 3. The highest BCUT2D eigenvalue weighted by molar-refractivity contribution is 5.76. The van der Waals surface area contributed by atoms with Crippen LogP contribution in [0.3, 0.4) is 0 Å². The number of aliphatic hydroxyl groups excluding tert-OH is 1. The van der Waals surface area contributed by atoms with Gasteiger partial charge in [-0.25, -0.2) is 0 Å². The zero-order valence-corrected chi connectivity index (χ0v) is 18.4. The van der Waals surface area contributed by atoms with E-state index < -0.39 is 18.7 Å². The Bertz CT molecular complexity index is 439. The number of amides is 1. The van der Waals surface area contributed by atoms with Crippen molar-refractivity contribution in [3.63, 3.8) is 0 Å². The highest BCUT2D eigenvalue weighted by atomic mass is 16.4. The van der Waals surface area contributed by atoms with E-state index in [1.54, 1.807) is 0 Å². The minimum Gasteiger partial charge on any atom is -0.394 e. The maximum absolute atomic E-state index is 11.9. The topological polar surface area (TPSA) is 69.6 Å². The second-order valence-corrected chi connectivity index (χ2v) is 7.87. The number of unbranched alkanes of at least 4 members (excludes halogenated alkanes) is 13. The first-order valence-corrected chi connectivity index (χ1v) is 11.7. The van der Waals surface area contributed by atoms with Crippen LogP contribution < -0.4 is 5.32 Å². The van der Waals surface area contributed by atoms with Crippen LogP contribution >= 0.6 is 0 Å². The third-order valence-corrected chi connectivity index (χ3v) is 5.11. The van der Waals surface area contributed by atoms with Crippen molar-refractivity contribution in [2.75, 3.05) is 6.56 Å². The van der Waals surface area contributed by atoms with Gasteiger partial charge in [-0.3, -0.25) is 4.79 Å². The van der Waals surface area contributed by atoms with Gasteiger partial charge in [-0.05, 0) is 19.3 Å². The fourth-order valence-corrected chi connectivity index (χ4v) is 3.25. The third kappa shape index (κ3) is 17.2. The molecule has 0 rings (SSSR count). The average Bonchev–Trinajstić information content (AvgIpc) is 2.69. The zero-order chi connectivity index (χ0) is 22.7. The first-order valence-electron chi connectivity index (χ1n) is 12.7. The molecular formula is C24H47NO3. The Balaban J connectivity index is 3.98. The van der Waals surface area contributed by atoms with Gasteiger partial charge in [0.05, 0.1) is 21.4 Å². The second-order valence-electron chi connectivity index (χ2n) is 7.87. The van der Waals surface area contributed by atoms with Crippen molar-refractivity contribution in [1.82, 2.24) is 5.32 Å². The maximum atomic E-state index is 11.9. The summed E-state index contributed by atoms with van der Waals surface area (Å²) >= 11 is 0. The van der Waals surface area contributed by atoms with Gasteiger partial charge in [0.15, 0.2) is 0 Å². The van der Waals surface area contributed by atoms with E-state index in [0.717, 1.165) is 32.1 Å². The molecule has 3 N–H and O–H groups in total. The number of carbonyl (C=O) groups is 1. The number of rotatable bonds is 20. The molecule has 0 radical (unpaired) electrons. The number of carbonyl (C=O) groups excluding carboxylic acids is 1. The number of nitrogens with one attached hydrogen (secondary N) is 1. The van der Waals surface area contributed by atoms with Crippen LogP contribution in [-0.4, -0.2) is 34.8 Å². The van der Waals surface area contributed by atoms with E-state index in [4.69, 9.17) is 2.74 Å². The number of aliphatic hydroxyl groups is 2. The summed E-state index contributed by atoms with van der Waals surface area (Å²) in [7, 11) is 0. The molecule has 0 heterocycles. The predicted molar refractivity (Wildman–Crippen MR) is 119 cm³/mol. The van der Waals surface area contributed by atoms with Crippen molar-refractivity contribution in [2.45, 2.75) is 129 Å². The summed E-state index contributed by atoms with van der Waals surface area (Å²) in [5, 5.41) is 22.4. The van der Waals surface area contributed by atoms with Gasteiger partial charge in [-0.15, -0.1) is 0 Å². The van der Waals surface area contributed by atoms with Crippen molar-refractivity contribution in [3.05, 3.63) is 12.2 Å². The standard InChI is InChI=1S/C24H47NO3/c1-3-5-7-8-9-10-11-12-13-14-15-16-18-19-23(27)22(21-26)25-24(28)20-17-6-4-2/h18-19,22-23,26-27H,3-17,20-21H2,1-2H3,(H,25,28)/b19-18+/t22-,23+/m0/s1/i21+1D2,22+1. The normalized spacial score (nSPS) is 15.3. The van der Waals surface area contributed by atoms with Crippen LogP contribution in [0.25, 0.3) is 0 Å². The second kappa shape index (κ2) is 20.9. The van der Waals surface area contributed by atoms with E-state index in [0.29, 0.717) is 6.42 Å². The van der Waals surface area contributed by atoms with Crippen molar-refractivity contribution in [3.8, 4) is 0 Å². The van der Waals surface area contributed by atoms with Gasteiger partial charge in [-0.2, -0.15) is 0 Å². The summed E-state index contributed by atoms with van der Waals surface area (Å²) in [5.41, 5.74) is 0. The van der Waals surface area contributed by atoms with Crippen LogP contribution in [0.4, 0.5) is 0 Å². The molecular weight excluding hydrogens is 352 g/mol. The molecule has 0 bridgehead atoms. The molecule has 0 aliphatic heterocycles. The lowest BCUT2D eigenvalue weighted by molar-refractivity contribution is -0.123. The molecule has 4 nitrogen and oxygen atoms in total. The van der Waals surface area contributed by atoms with Crippen molar-refractivity contribution in [2.24, 2.45) is 0 Å². The molecule has 0 aromatic heterocycles. The molecule has 0 aliphatic carbocycles. The Labute approximate surface area is 177 Å². The molecule has 0 saturated heterocycles. The summed E-state index contributed by atoms with van der Waals surface area (Å²) in [6.45, 7) is 1.60. The highest BCUT2D eigenvalue weighted by Crippen LogP contribution is 2.12. The van der Waals surface area contributed by atoms with E-state index in [1.807, 2.05) is 13.0 Å². The van der Waals surface area contributed by atoms with Crippen LogP contribution in [0.2, 0.25) is 0 Å². The van der Waals surface area contributed by atoms with Gasteiger partial charge in [0, 0.05) is 6.42 Å². The summed E-state index contributed by atoms with van der Waals surface area (Å²) in [6, 6.07) is -1.36. The van der Waals surface area contributed by atoms with E-state index in [1.165, 1.54) is 63.9 Å². The molecule has 1 amide bonds. The van der Waals surface area contributed by atoms with Gasteiger partial charge >= 0.3 is 0 Å². The molecule has 0 unspecified atom stereocenters. The lowest BCUT2D eigenvalue weighted by atomic mass is 10.1. The van der Waals surface area contributed by atoms with E-state index in [-0.39, 0.29) is 12.3 Å². The Hall–Kier alpha value is -0.870. The van der Waals surface area contributed by atoms with Gasteiger partial charge in [0.25, 0.3) is 0 Å². The average molecular weight is 402 g/mol. The van der Waals surface area contributed by atoms with Crippen molar-refractivity contribution in [1.29, 1.82) is 0 Å². The minimum atomic E-state index is -2.68. The molecule has 4 heteroatoms. The highest BCUT2D eigenvalue weighted by Gasteiger charge is 2.17. The quantitative estimate of drug-likeness (QED) is 0.140. The van der Waals surface area contributed by atoms with Crippen LogP contribution in [0.1, 0.15) is 119 Å². The van der Waals surface area contributed by atoms with E-state index in [9.17, 15) is 15.0 Å². The Morgan fingerprint density at radius 3 is 1.93 bits per heavy atom. The summed E-state index contributed by atoms with van der Waals surface area (Å²) in [6.07, 6.45) is 19.8. The smallest absolute Gasteiger partial charge is 0.220 e. The Morgan fingerprint density at radius 2 is 1.39 bits per heavy atom. The lowest BCUT2D eigenvalue weighted by Gasteiger charge is -2.19. The molecule has 166 valence electrons. The molecule has 0 aromatic carbocycles. The predicted octanol–water partition coefficient (Wildman–Crippen LogP) is 5.66. The minimum absolute atomic E-state index is 0.273. The molecule has 0 aromatic rings.